The van der Waals surface area contributed by atoms with Crippen molar-refractivity contribution in [3.63, 3.8) is 0 Å². The van der Waals surface area contributed by atoms with Crippen LogP contribution in [0, 0.1) is 12.7 Å². The lowest BCUT2D eigenvalue weighted by Gasteiger charge is -2.12. The third-order valence-corrected chi connectivity index (χ3v) is 2.19. The first-order valence-electron chi connectivity index (χ1n) is 4.45. The monoisotopic (exact) mass is 198 g/mol. The van der Waals surface area contributed by atoms with E-state index in [2.05, 4.69) is 0 Å². The molecule has 0 heterocycles. The van der Waals surface area contributed by atoms with Crippen molar-refractivity contribution in [1.29, 1.82) is 0 Å². The first-order chi connectivity index (χ1) is 6.70. The fraction of sp³-hybridized carbons (Fsp3) is 0.455. The van der Waals surface area contributed by atoms with Crippen molar-refractivity contribution in [2.45, 2.75) is 20.1 Å². The Hall–Kier alpha value is -0.930. The highest BCUT2D eigenvalue weighted by atomic mass is 19.1. The van der Waals surface area contributed by atoms with Crippen molar-refractivity contribution in [2.24, 2.45) is 0 Å². The van der Waals surface area contributed by atoms with Crippen LogP contribution in [0.5, 0.6) is 0 Å². The summed E-state index contributed by atoms with van der Waals surface area (Å²) < 4.78 is 23.4. The Balaban J connectivity index is 3.12. The lowest BCUT2D eigenvalue weighted by atomic mass is 10.0. The summed E-state index contributed by atoms with van der Waals surface area (Å²) >= 11 is 0. The number of ether oxygens (including phenoxy) is 2. The van der Waals surface area contributed by atoms with E-state index in [4.69, 9.17) is 9.47 Å². The molecule has 0 spiro atoms. The van der Waals surface area contributed by atoms with E-state index in [1.807, 2.05) is 6.92 Å². The van der Waals surface area contributed by atoms with Gasteiger partial charge in [0, 0.05) is 19.8 Å². The van der Waals surface area contributed by atoms with Gasteiger partial charge in [0.15, 0.2) is 0 Å². The molecule has 14 heavy (non-hydrogen) atoms. The van der Waals surface area contributed by atoms with E-state index >= 15 is 0 Å². The van der Waals surface area contributed by atoms with Gasteiger partial charge in [-0.05, 0) is 24.1 Å². The van der Waals surface area contributed by atoms with E-state index < -0.39 is 0 Å². The molecule has 3 heteroatoms. The van der Waals surface area contributed by atoms with Crippen LogP contribution in [0.3, 0.4) is 0 Å². The van der Waals surface area contributed by atoms with Crippen LogP contribution in [0.1, 0.15) is 16.7 Å². The highest BCUT2D eigenvalue weighted by Crippen LogP contribution is 2.19. The average Bonchev–Trinajstić information content (AvgIpc) is 2.17. The molecular formula is C11H15FO2. The first kappa shape index (κ1) is 11.1. The number of rotatable bonds is 4. The second-order valence-electron chi connectivity index (χ2n) is 3.19. The van der Waals surface area contributed by atoms with E-state index in [9.17, 15) is 4.39 Å². The lowest BCUT2D eigenvalue weighted by molar-refractivity contribution is 0.165. The molecule has 1 rings (SSSR count). The van der Waals surface area contributed by atoms with Crippen molar-refractivity contribution in [3.05, 3.63) is 34.6 Å². The molecule has 0 N–H and O–H groups in total. The van der Waals surface area contributed by atoms with Crippen LogP contribution in [-0.4, -0.2) is 14.2 Å². The van der Waals surface area contributed by atoms with E-state index in [1.54, 1.807) is 20.3 Å². The molecule has 0 radical (unpaired) electrons. The second kappa shape index (κ2) is 5.08. The largest absolute Gasteiger partial charge is 0.380 e. The van der Waals surface area contributed by atoms with Gasteiger partial charge >= 0.3 is 0 Å². The van der Waals surface area contributed by atoms with Crippen molar-refractivity contribution in [2.75, 3.05) is 14.2 Å². The van der Waals surface area contributed by atoms with Gasteiger partial charge in [-0.25, -0.2) is 4.39 Å². The third kappa shape index (κ3) is 2.30. The lowest BCUT2D eigenvalue weighted by Crippen LogP contribution is -2.03. The number of aryl methyl sites for hydroxylation is 1. The van der Waals surface area contributed by atoms with Gasteiger partial charge in [-0.3, -0.25) is 0 Å². The molecule has 0 atom stereocenters. The Bertz CT molecular complexity index is 279. The molecule has 0 saturated heterocycles. The van der Waals surface area contributed by atoms with Gasteiger partial charge < -0.3 is 9.47 Å². The zero-order chi connectivity index (χ0) is 10.6. The molecule has 0 fully saturated rings. The molecule has 0 aliphatic carbocycles. The van der Waals surface area contributed by atoms with E-state index in [-0.39, 0.29) is 12.4 Å². The predicted octanol–water partition coefficient (Wildman–Crippen LogP) is 2.43. The second-order valence-corrected chi connectivity index (χ2v) is 3.19. The number of benzene rings is 1. The summed E-state index contributed by atoms with van der Waals surface area (Å²) in [6, 6.07) is 3.21. The Labute approximate surface area is 83.6 Å². The molecule has 1 aromatic rings. The van der Waals surface area contributed by atoms with Gasteiger partial charge in [0.2, 0.25) is 0 Å². The Kier molecular flexibility index (Phi) is 4.04. The topological polar surface area (TPSA) is 18.5 Å². The molecule has 0 bridgehead atoms. The van der Waals surface area contributed by atoms with Crippen LogP contribution < -0.4 is 0 Å². The quantitative estimate of drug-likeness (QED) is 0.739. The average molecular weight is 198 g/mol. The molecule has 0 amide bonds. The SMILES string of the molecule is COCc1c(C)ccc(F)c1COC. The molecule has 0 saturated carbocycles. The zero-order valence-corrected chi connectivity index (χ0v) is 8.76. The maximum Gasteiger partial charge on any atom is 0.129 e. The Morgan fingerprint density at radius 1 is 1.07 bits per heavy atom. The van der Waals surface area contributed by atoms with Gasteiger partial charge in [0.05, 0.1) is 13.2 Å². The molecule has 78 valence electrons. The number of methoxy groups -OCH3 is 2. The standard InChI is InChI=1S/C11H15FO2/c1-8-4-5-11(12)10(7-14-3)9(8)6-13-2/h4-5H,6-7H2,1-3H3. The molecule has 0 unspecified atom stereocenters. The van der Waals surface area contributed by atoms with Crippen LogP contribution in [0.2, 0.25) is 0 Å². The number of hydrogen-bond donors (Lipinski definition) is 0. The van der Waals surface area contributed by atoms with Gasteiger partial charge in [0.25, 0.3) is 0 Å². The summed E-state index contributed by atoms with van der Waals surface area (Å²) in [5.41, 5.74) is 2.50. The fourth-order valence-corrected chi connectivity index (χ4v) is 1.43. The summed E-state index contributed by atoms with van der Waals surface area (Å²) in [7, 11) is 3.15. The van der Waals surface area contributed by atoms with Crippen molar-refractivity contribution >= 4 is 0 Å². The van der Waals surface area contributed by atoms with E-state index in [0.29, 0.717) is 12.2 Å². The Morgan fingerprint density at radius 3 is 2.21 bits per heavy atom. The fourth-order valence-electron chi connectivity index (χ4n) is 1.43. The number of hydrogen-bond acceptors (Lipinski definition) is 2. The molecule has 0 aliphatic heterocycles. The van der Waals surface area contributed by atoms with Crippen LogP contribution in [0.25, 0.3) is 0 Å². The minimum Gasteiger partial charge on any atom is -0.380 e. The molecular weight excluding hydrogens is 183 g/mol. The van der Waals surface area contributed by atoms with Crippen molar-refractivity contribution in [1.82, 2.24) is 0 Å². The summed E-state index contributed by atoms with van der Waals surface area (Å²) in [6.45, 7) is 2.64. The normalized spacial score (nSPS) is 10.6. The van der Waals surface area contributed by atoms with Crippen LogP contribution in [-0.2, 0) is 22.7 Å². The minimum absolute atomic E-state index is 0.232. The summed E-state index contributed by atoms with van der Waals surface area (Å²) in [5, 5.41) is 0. The van der Waals surface area contributed by atoms with Crippen LogP contribution in [0.4, 0.5) is 4.39 Å². The zero-order valence-electron chi connectivity index (χ0n) is 8.76. The van der Waals surface area contributed by atoms with Gasteiger partial charge in [-0.1, -0.05) is 6.07 Å². The maximum absolute atomic E-state index is 13.4. The Morgan fingerprint density at radius 2 is 1.64 bits per heavy atom. The third-order valence-electron chi connectivity index (χ3n) is 2.19. The predicted molar refractivity (Wildman–Crippen MR) is 52.6 cm³/mol. The molecule has 0 aromatic heterocycles. The van der Waals surface area contributed by atoms with Gasteiger partial charge in [-0.15, -0.1) is 0 Å². The minimum atomic E-state index is -0.232. The maximum atomic E-state index is 13.4. The van der Waals surface area contributed by atoms with Crippen molar-refractivity contribution < 1.29 is 13.9 Å². The van der Waals surface area contributed by atoms with Crippen LogP contribution >= 0.6 is 0 Å². The highest BCUT2D eigenvalue weighted by molar-refractivity contribution is 5.34. The van der Waals surface area contributed by atoms with Crippen molar-refractivity contribution in [3.8, 4) is 0 Å². The van der Waals surface area contributed by atoms with Crippen LogP contribution in [0.15, 0.2) is 12.1 Å². The summed E-state index contributed by atoms with van der Waals surface area (Å²) in [6.07, 6.45) is 0. The highest BCUT2D eigenvalue weighted by Gasteiger charge is 2.10. The first-order valence-corrected chi connectivity index (χ1v) is 4.45. The summed E-state index contributed by atoms with van der Waals surface area (Å²) in [5.74, 6) is -0.232. The van der Waals surface area contributed by atoms with E-state index in [0.717, 1.165) is 11.1 Å². The molecule has 0 aliphatic rings. The van der Waals surface area contributed by atoms with Gasteiger partial charge in [-0.2, -0.15) is 0 Å². The molecule has 2 nitrogen and oxygen atoms in total. The van der Waals surface area contributed by atoms with Gasteiger partial charge in [0.1, 0.15) is 5.82 Å². The number of halogens is 1. The summed E-state index contributed by atoms with van der Waals surface area (Å²) in [4.78, 5) is 0. The smallest absolute Gasteiger partial charge is 0.129 e. The van der Waals surface area contributed by atoms with E-state index in [1.165, 1.54) is 6.07 Å². The molecule has 1 aromatic carbocycles.